The molecule has 0 saturated heterocycles. The molecule has 0 radical (unpaired) electrons. The van der Waals surface area contributed by atoms with E-state index in [2.05, 4.69) is 21.2 Å². The third-order valence-corrected chi connectivity index (χ3v) is 3.61. The molecule has 0 aromatic carbocycles. The van der Waals surface area contributed by atoms with Gasteiger partial charge in [-0.1, -0.05) is 27.3 Å². The van der Waals surface area contributed by atoms with Gasteiger partial charge in [-0.3, -0.25) is 14.9 Å². The zero-order chi connectivity index (χ0) is 11.4. The molecule has 1 unspecified atom stereocenters. The maximum absolute atomic E-state index is 11.5. The number of alkyl halides is 1. The van der Waals surface area contributed by atoms with Crippen molar-refractivity contribution in [1.82, 2.24) is 5.32 Å². The second kappa shape index (κ2) is 5.22. The van der Waals surface area contributed by atoms with Crippen molar-refractivity contribution in [2.24, 2.45) is 0 Å². The van der Waals surface area contributed by atoms with Crippen LogP contribution >= 0.6 is 27.3 Å². The topological polar surface area (TPSA) is 72.2 Å². The molecule has 0 fully saturated rings. The fourth-order valence-electron chi connectivity index (χ4n) is 0.881. The average Bonchev–Trinajstić information content (AvgIpc) is 2.66. The predicted octanol–water partition coefficient (Wildman–Crippen LogP) is 2.17. The zero-order valence-corrected chi connectivity index (χ0v) is 10.3. The summed E-state index contributed by atoms with van der Waals surface area (Å²) in [6, 6.07) is 2.79. The molecule has 1 atom stereocenters. The quantitative estimate of drug-likeness (QED) is 0.525. The number of rotatable bonds is 4. The second-order valence-electron chi connectivity index (χ2n) is 2.92. The lowest BCUT2D eigenvalue weighted by Gasteiger charge is -2.08. The molecule has 15 heavy (non-hydrogen) atoms. The Hall–Kier alpha value is -0.950. The molecule has 1 rings (SSSR count). The van der Waals surface area contributed by atoms with Crippen LogP contribution in [0.4, 0.5) is 5.00 Å². The van der Waals surface area contributed by atoms with Gasteiger partial charge < -0.3 is 5.32 Å². The smallest absolute Gasteiger partial charge is 0.324 e. The lowest BCUT2D eigenvalue weighted by molar-refractivity contribution is -0.380. The number of hydrogen-bond donors (Lipinski definition) is 1. The first-order valence-corrected chi connectivity index (χ1v) is 6.09. The summed E-state index contributed by atoms with van der Waals surface area (Å²) in [5.74, 6) is -0.278. The van der Waals surface area contributed by atoms with Crippen LogP contribution in [0.1, 0.15) is 16.6 Å². The highest BCUT2D eigenvalue weighted by Crippen LogP contribution is 2.23. The van der Waals surface area contributed by atoms with Crippen LogP contribution in [-0.4, -0.2) is 22.2 Å². The molecule has 0 aliphatic carbocycles. The highest BCUT2D eigenvalue weighted by atomic mass is 79.9. The monoisotopic (exact) mass is 292 g/mol. The van der Waals surface area contributed by atoms with E-state index in [0.29, 0.717) is 10.2 Å². The molecule has 82 valence electrons. The number of carbonyl (C=O) groups is 1. The van der Waals surface area contributed by atoms with Crippen molar-refractivity contribution in [1.29, 1.82) is 0 Å². The molecule has 0 aliphatic rings. The maximum Gasteiger partial charge on any atom is 0.324 e. The van der Waals surface area contributed by atoms with Crippen molar-refractivity contribution in [3.8, 4) is 0 Å². The predicted molar refractivity (Wildman–Crippen MR) is 61.7 cm³/mol. The van der Waals surface area contributed by atoms with Gasteiger partial charge in [-0.15, -0.1) is 0 Å². The first-order chi connectivity index (χ1) is 7.04. The van der Waals surface area contributed by atoms with Crippen molar-refractivity contribution in [3.05, 3.63) is 27.1 Å². The summed E-state index contributed by atoms with van der Waals surface area (Å²) in [4.78, 5) is 21.7. The first kappa shape index (κ1) is 12.1. The Balaban J connectivity index is 2.70. The Kier molecular flexibility index (Phi) is 4.22. The highest BCUT2D eigenvalue weighted by Gasteiger charge is 2.16. The molecule has 0 saturated carbocycles. The van der Waals surface area contributed by atoms with Crippen molar-refractivity contribution < 1.29 is 9.72 Å². The fourth-order valence-corrected chi connectivity index (χ4v) is 1.77. The summed E-state index contributed by atoms with van der Waals surface area (Å²) in [5, 5.41) is 13.7. The first-order valence-electron chi connectivity index (χ1n) is 4.15. The normalized spacial score (nSPS) is 12.1. The molecule has 0 spiro atoms. The number of nitro groups is 1. The van der Waals surface area contributed by atoms with E-state index in [1.54, 1.807) is 0 Å². The summed E-state index contributed by atoms with van der Waals surface area (Å²) >= 11 is 4.10. The van der Waals surface area contributed by atoms with Crippen LogP contribution in [0.25, 0.3) is 0 Å². The van der Waals surface area contributed by atoms with E-state index in [0.717, 1.165) is 11.3 Å². The lowest BCUT2D eigenvalue weighted by atomic mass is 10.3. The molecule has 1 N–H and O–H groups in total. The molecular formula is C8H9BrN2O3S. The van der Waals surface area contributed by atoms with Gasteiger partial charge in [-0.05, 0) is 13.0 Å². The van der Waals surface area contributed by atoms with Gasteiger partial charge in [-0.2, -0.15) is 0 Å². The third-order valence-electron chi connectivity index (χ3n) is 1.60. The van der Waals surface area contributed by atoms with E-state index in [1.807, 2.05) is 6.92 Å². The minimum Gasteiger partial charge on any atom is -0.348 e. The van der Waals surface area contributed by atoms with Gasteiger partial charge in [-0.25, -0.2) is 0 Å². The Bertz CT molecular complexity index is 380. The number of nitrogens with one attached hydrogen (secondary N) is 1. The van der Waals surface area contributed by atoms with Gasteiger partial charge in [0.25, 0.3) is 5.91 Å². The standard InChI is InChI=1S/C8H9BrN2O3S/c1-5(4-9)10-8(12)6-2-3-7(15-6)11(13)14/h2-3,5H,4H2,1H3,(H,10,12). The summed E-state index contributed by atoms with van der Waals surface area (Å²) < 4.78 is 0. The summed E-state index contributed by atoms with van der Waals surface area (Å²) in [6.07, 6.45) is 0. The van der Waals surface area contributed by atoms with E-state index in [9.17, 15) is 14.9 Å². The van der Waals surface area contributed by atoms with E-state index >= 15 is 0 Å². The van der Waals surface area contributed by atoms with Crippen LogP contribution in [0.2, 0.25) is 0 Å². The van der Waals surface area contributed by atoms with Gasteiger partial charge >= 0.3 is 5.00 Å². The van der Waals surface area contributed by atoms with Crippen LogP contribution in [0.3, 0.4) is 0 Å². The van der Waals surface area contributed by atoms with Crippen LogP contribution < -0.4 is 5.32 Å². The molecule has 1 aromatic heterocycles. The van der Waals surface area contributed by atoms with Crippen LogP contribution in [0.5, 0.6) is 0 Å². The number of nitrogens with zero attached hydrogens (tertiary/aromatic N) is 1. The van der Waals surface area contributed by atoms with Crippen molar-refractivity contribution in [3.63, 3.8) is 0 Å². The van der Waals surface area contributed by atoms with E-state index in [4.69, 9.17) is 0 Å². The Morgan fingerprint density at radius 1 is 1.73 bits per heavy atom. The van der Waals surface area contributed by atoms with Gasteiger partial charge in [0.15, 0.2) is 0 Å². The van der Waals surface area contributed by atoms with E-state index < -0.39 is 4.92 Å². The second-order valence-corrected chi connectivity index (χ2v) is 4.63. The number of carbonyl (C=O) groups excluding carboxylic acids is 1. The Morgan fingerprint density at radius 3 is 2.87 bits per heavy atom. The number of thiophene rings is 1. The van der Waals surface area contributed by atoms with Crippen molar-refractivity contribution in [2.45, 2.75) is 13.0 Å². The Labute approximate surface area is 98.8 Å². The van der Waals surface area contributed by atoms with E-state index in [1.165, 1.54) is 12.1 Å². The summed E-state index contributed by atoms with van der Waals surface area (Å²) in [5.41, 5.74) is 0. The van der Waals surface area contributed by atoms with Gasteiger partial charge in [0, 0.05) is 17.4 Å². The van der Waals surface area contributed by atoms with Crippen LogP contribution in [0, 0.1) is 10.1 Å². The Morgan fingerprint density at radius 2 is 2.40 bits per heavy atom. The molecule has 1 amide bonds. The minimum atomic E-state index is -0.505. The highest BCUT2D eigenvalue weighted by molar-refractivity contribution is 9.09. The van der Waals surface area contributed by atoms with Gasteiger partial charge in [0.1, 0.15) is 0 Å². The molecule has 0 aliphatic heterocycles. The number of halogens is 1. The summed E-state index contributed by atoms with van der Waals surface area (Å²) in [6.45, 7) is 1.84. The number of hydrogen-bond acceptors (Lipinski definition) is 4. The molecule has 0 bridgehead atoms. The van der Waals surface area contributed by atoms with E-state index in [-0.39, 0.29) is 17.0 Å². The minimum absolute atomic E-state index is 0.00124. The van der Waals surface area contributed by atoms with Crippen molar-refractivity contribution >= 4 is 38.2 Å². The molecule has 1 aromatic rings. The lowest BCUT2D eigenvalue weighted by Crippen LogP contribution is -2.32. The molecule has 1 heterocycles. The van der Waals surface area contributed by atoms with Gasteiger partial charge in [0.05, 0.1) is 9.80 Å². The molecular weight excluding hydrogens is 284 g/mol. The maximum atomic E-state index is 11.5. The zero-order valence-electron chi connectivity index (χ0n) is 7.90. The fraction of sp³-hybridized carbons (Fsp3) is 0.375. The number of amides is 1. The van der Waals surface area contributed by atoms with Crippen molar-refractivity contribution in [2.75, 3.05) is 5.33 Å². The largest absolute Gasteiger partial charge is 0.348 e. The third kappa shape index (κ3) is 3.28. The summed E-state index contributed by atoms with van der Waals surface area (Å²) in [7, 11) is 0. The molecule has 5 nitrogen and oxygen atoms in total. The van der Waals surface area contributed by atoms with Gasteiger partial charge in [0.2, 0.25) is 0 Å². The van der Waals surface area contributed by atoms with Crippen LogP contribution in [0.15, 0.2) is 12.1 Å². The van der Waals surface area contributed by atoms with Crippen LogP contribution in [-0.2, 0) is 0 Å². The SMILES string of the molecule is CC(CBr)NC(=O)c1ccc([N+](=O)[O-])s1. The molecule has 7 heteroatoms. The average molecular weight is 293 g/mol.